The van der Waals surface area contributed by atoms with Crippen LogP contribution >= 0.6 is 0 Å². The highest BCUT2D eigenvalue weighted by Gasteiger charge is 2.13. The molecule has 0 radical (unpaired) electrons. The van der Waals surface area contributed by atoms with Crippen LogP contribution in [0.15, 0.2) is 23.4 Å². The monoisotopic (exact) mass is 248 g/mol. The molecule has 0 amide bonds. The zero-order chi connectivity index (χ0) is 13.7. The van der Waals surface area contributed by atoms with Crippen molar-refractivity contribution in [1.29, 1.82) is 15.8 Å². The van der Waals surface area contributed by atoms with Gasteiger partial charge < -0.3 is 5.32 Å². The summed E-state index contributed by atoms with van der Waals surface area (Å²) in [5.74, 6) is -3.87. The molecule has 0 fully saturated rings. The molecule has 0 saturated heterocycles. The van der Waals surface area contributed by atoms with Gasteiger partial charge >= 0.3 is 0 Å². The Morgan fingerprint density at radius 2 is 1.44 bits per heavy atom. The molecule has 1 aromatic rings. The van der Waals surface area contributed by atoms with Gasteiger partial charge in [0.1, 0.15) is 29.7 Å². The fourth-order valence-corrected chi connectivity index (χ4v) is 1.04. The maximum atomic E-state index is 13.2. The lowest BCUT2D eigenvalue weighted by atomic mass is 10.2. The van der Waals surface area contributed by atoms with Crippen LogP contribution in [0.5, 0.6) is 0 Å². The first kappa shape index (κ1) is 13.1. The third-order valence-electron chi connectivity index (χ3n) is 1.86. The van der Waals surface area contributed by atoms with Crippen LogP contribution in [-0.4, -0.2) is 0 Å². The molecule has 0 aromatic heterocycles. The molecule has 0 atom stereocenters. The molecular formula is C11H3F3N4. The van der Waals surface area contributed by atoms with Crippen LogP contribution in [0, 0.1) is 51.4 Å². The largest absolute Gasteiger partial charge is 0.343 e. The smallest absolute Gasteiger partial charge is 0.163 e. The van der Waals surface area contributed by atoms with Crippen LogP contribution in [-0.2, 0) is 0 Å². The van der Waals surface area contributed by atoms with Gasteiger partial charge in [0.05, 0.1) is 5.69 Å². The number of allylic oxidation sites excluding steroid dienone is 2. The predicted molar refractivity (Wildman–Crippen MR) is 53.8 cm³/mol. The standard InChI is InChI=1S/C11H3F3N4/c12-7-1-9(14)10(2-8(7)13)18-11(5-17)6(3-15)4-16/h1-2,18H. The van der Waals surface area contributed by atoms with E-state index in [1.807, 2.05) is 0 Å². The van der Waals surface area contributed by atoms with E-state index in [1.165, 1.54) is 18.2 Å². The summed E-state index contributed by atoms with van der Waals surface area (Å²) in [4.78, 5) is 0. The molecule has 0 aliphatic heterocycles. The van der Waals surface area contributed by atoms with E-state index in [4.69, 9.17) is 15.8 Å². The van der Waals surface area contributed by atoms with Crippen molar-refractivity contribution in [3.63, 3.8) is 0 Å². The number of hydrogen-bond acceptors (Lipinski definition) is 4. The first-order chi connectivity index (χ1) is 8.53. The summed E-state index contributed by atoms with van der Waals surface area (Å²) in [5, 5.41) is 27.8. The number of nitrogens with one attached hydrogen (secondary N) is 1. The lowest BCUT2D eigenvalue weighted by Crippen LogP contribution is -2.04. The van der Waals surface area contributed by atoms with Crippen LogP contribution in [0.2, 0.25) is 0 Å². The van der Waals surface area contributed by atoms with Gasteiger partial charge in [0, 0.05) is 12.1 Å². The van der Waals surface area contributed by atoms with Crippen molar-refractivity contribution in [3.05, 3.63) is 40.9 Å². The topological polar surface area (TPSA) is 83.4 Å². The molecule has 0 heterocycles. The first-order valence-corrected chi connectivity index (χ1v) is 4.39. The second-order valence-electron chi connectivity index (χ2n) is 2.96. The van der Waals surface area contributed by atoms with E-state index in [0.717, 1.165) is 0 Å². The predicted octanol–water partition coefficient (Wildman–Crippen LogP) is 2.34. The highest BCUT2D eigenvalue weighted by Crippen LogP contribution is 2.20. The Balaban J connectivity index is 3.26. The van der Waals surface area contributed by atoms with Crippen molar-refractivity contribution in [1.82, 2.24) is 0 Å². The molecule has 0 aliphatic rings. The van der Waals surface area contributed by atoms with Crippen LogP contribution in [0.25, 0.3) is 0 Å². The van der Waals surface area contributed by atoms with E-state index >= 15 is 0 Å². The van der Waals surface area contributed by atoms with E-state index in [9.17, 15) is 13.2 Å². The number of anilines is 1. The van der Waals surface area contributed by atoms with Gasteiger partial charge in [-0.15, -0.1) is 0 Å². The van der Waals surface area contributed by atoms with Crippen molar-refractivity contribution < 1.29 is 13.2 Å². The van der Waals surface area contributed by atoms with Crippen molar-refractivity contribution >= 4 is 5.69 Å². The molecule has 0 saturated carbocycles. The highest BCUT2D eigenvalue weighted by molar-refractivity contribution is 5.58. The summed E-state index contributed by atoms with van der Waals surface area (Å²) in [5.41, 5.74) is -1.69. The number of nitrogens with zero attached hydrogens (tertiary/aromatic N) is 3. The summed E-state index contributed by atoms with van der Waals surface area (Å²) in [7, 11) is 0. The van der Waals surface area contributed by atoms with Gasteiger partial charge in [0.15, 0.2) is 17.2 Å². The van der Waals surface area contributed by atoms with E-state index in [0.29, 0.717) is 6.07 Å². The Labute approximate surface area is 99.8 Å². The quantitative estimate of drug-likeness (QED) is 0.643. The van der Waals surface area contributed by atoms with Crippen LogP contribution < -0.4 is 5.32 Å². The number of benzene rings is 1. The molecule has 88 valence electrons. The van der Waals surface area contributed by atoms with Crippen molar-refractivity contribution in [2.45, 2.75) is 0 Å². The van der Waals surface area contributed by atoms with Crippen LogP contribution in [0.3, 0.4) is 0 Å². The highest BCUT2D eigenvalue weighted by atomic mass is 19.2. The Hall–Kier alpha value is -2.98. The average Bonchev–Trinajstić information content (AvgIpc) is 2.35. The Morgan fingerprint density at radius 1 is 0.889 bits per heavy atom. The van der Waals surface area contributed by atoms with Gasteiger partial charge in [-0.05, 0) is 0 Å². The maximum Gasteiger partial charge on any atom is 0.163 e. The van der Waals surface area contributed by atoms with E-state index in [1.54, 1.807) is 0 Å². The lowest BCUT2D eigenvalue weighted by Gasteiger charge is -2.06. The molecule has 0 spiro atoms. The number of nitriles is 3. The summed E-state index contributed by atoms with van der Waals surface area (Å²) in [6.07, 6.45) is 0. The Morgan fingerprint density at radius 3 is 1.94 bits per heavy atom. The minimum absolute atomic E-state index is 0.283. The van der Waals surface area contributed by atoms with Crippen LogP contribution in [0.1, 0.15) is 0 Å². The third-order valence-corrected chi connectivity index (χ3v) is 1.86. The molecule has 0 unspecified atom stereocenters. The zero-order valence-corrected chi connectivity index (χ0v) is 8.63. The molecule has 7 heteroatoms. The molecular weight excluding hydrogens is 245 g/mol. The second-order valence-corrected chi connectivity index (χ2v) is 2.96. The molecule has 0 aliphatic carbocycles. The fourth-order valence-electron chi connectivity index (χ4n) is 1.04. The number of hydrogen-bond donors (Lipinski definition) is 1. The molecule has 18 heavy (non-hydrogen) atoms. The number of halogens is 3. The average molecular weight is 248 g/mol. The molecule has 4 nitrogen and oxygen atoms in total. The summed E-state index contributed by atoms with van der Waals surface area (Å²) in [6, 6.07) is 5.04. The molecule has 1 rings (SSSR count). The lowest BCUT2D eigenvalue weighted by molar-refractivity contribution is 0.496. The second kappa shape index (κ2) is 5.38. The van der Waals surface area contributed by atoms with Crippen molar-refractivity contribution in [3.8, 4) is 18.2 Å². The molecule has 0 bridgehead atoms. The third kappa shape index (κ3) is 2.58. The van der Waals surface area contributed by atoms with Gasteiger partial charge in [-0.25, -0.2) is 13.2 Å². The fraction of sp³-hybridized carbons (Fsp3) is 0. The van der Waals surface area contributed by atoms with Gasteiger partial charge in [-0.3, -0.25) is 0 Å². The molecule has 1 aromatic carbocycles. The van der Waals surface area contributed by atoms with E-state index in [2.05, 4.69) is 5.32 Å². The van der Waals surface area contributed by atoms with Gasteiger partial charge in [0.2, 0.25) is 0 Å². The summed E-state index contributed by atoms with van der Waals surface area (Å²) >= 11 is 0. The summed E-state index contributed by atoms with van der Waals surface area (Å²) in [6.45, 7) is 0. The summed E-state index contributed by atoms with van der Waals surface area (Å²) < 4.78 is 38.7. The van der Waals surface area contributed by atoms with E-state index < -0.39 is 34.4 Å². The zero-order valence-electron chi connectivity index (χ0n) is 8.63. The SMILES string of the molecule is N#CC(C#N)=C(C#N)Nc1cc(F)c(F)cc1F. The minimum Gasteiger partial charge on any atom is -0.343 e. The minimum atomic E-state index is -1.39. The van der Waals surface area contributed by atoms with Crippen molar-refractivity contribution in [2.24, 2.45) is 0 Å². The number of rotatable bonds is 2. The van der Waals surface area contributed by atoms with Gasteiger partial charge in [-0.1, -0.05) is 0 Å². The Kier molecular flexibility index (Phi) is 3.91. The normalized spacial score (nSPS) is 8.67. The van der Waals surface area contributed by atoms with Gasteiger partial charge in [0.25, 0.3) is 0 Å². The van der Waals surface area contributed by atoms with Crippen molar-refractivity contribution in [2.75, 3.05) is 5.32 Å². The van der Waals surface area contributed by atoms with E-state index in [-0.39, 0.29) is 6.07 Å². The van der Waals surface area contributed by atoms with Crippen LogP contribution in [0.4, 0.5) is 18.9 Å². The Bertz CT molecular complexity index is 628. The first-order valence-electron chi connectivity index (χ1n) is 4.39. The maximum absolute atomic E-state index is 13.2. The molecule has 1 N–H and O–H groups in total. The van der Waals surface area contributed by atoms with Gasteiger partial charge in [-0.2, -0.15) is 15.8 Å².